The molecule has 0 bridgehead atoms. The van der Waals surface area contributed by atoms with Gasteiger partial charge >= 0.3 is 17.9 Å². The Morgan fingerprint density at radius 1 is 0.492 bits per heavy atom. The van der Waals surface area contributed by atoms with Crippen molar-refractivity contribution in [2.75, 3.05) is 41.0 Å². The van der Waals surface area contributed by atoms with E-state index in [0.29, 0.717) is 25.7 Å². The summed E-state index contributed by atoms with van der Waals surface area (Å²) in [5, 5.41) is 9.64. The van der Waals surface area contributed by atoms with Crippen LogP contribution in [0.15, 0.2) is 134 Å². The van der Waals surface area contributed by atoms with Crippen LogP contribution in [0.4, 0.5) is 0 Å². The second kappa shape index (κ2) is 44.1. The summed E-state index contributed by atoms with van der Waals surface area (Å²) in [7, 11) is 5.49. The van der Waals surface area contributed by atoms with Crippen molar-refractivity contribution in [3.8, 4) is 0 Å². The lowest BCUT2D eigenvalue weighted by Gasteiger charge is -2.31. The minimum Gasteiger partial charge on any atom is -0.477 e. The van der Waals surface area contributed by atoms with Crippen molar-refractivity contribution in [3.63, 3.8) is 0 Å². The van der Waals surface area contributed by atoms with Crippen molar-refractivity contribution in [1.29, 1.82) is 0 Å². The van der Waals surface area contributed by atoms with Gasteiger partial charge < -0.3 is 23.8 Å². The van der Waals surface area contributed by atoms with Crippen LogP contribution in [-0.4, -0.2) is 80.6 Å². The topological polar surface area (TPSA) is 99.1 Å². The first kappa shape index (κ1) is 58.5. The number of quaternary nitrogens is 1. The molecule has 0 aliphatic heterocycles. The summed E-state index contributed by atoms with van der Waals surface area (Å²) in [6.07, 6.45) is 63.5. The average molecular weight is 873 g/mol. The molecule has 63 heavy (non-hydrogen) atoms. The molecular formula is C55H86NO7+. The van der Waals surface area contributed by atoms with Crippen LogP contribution in [0.5, 0.6) is 0 Å². The van der Waals surface area contributed by atoms with Crippen LogP contribution in [-0.2, 0) is 28.6 Å². The molecule has 352 valence electrons. The van der Waals surface area contributed by atoms with Gasteiger partial charge in [0, 0.05) is 19.3 Å². The summed E-state index contributed by atoms with van der Waals surface area (Å²) in [6.45, 7) is 4.39. The van der Waals surface area contributed by atoms with Crippen molar-refractivity contribution in [2.24, 2.45) is 0 Å². The number of carbonyl (C=O) groups excluding carboxylic acids is 2. The molecule has 0 aliphatic carbocycles. The fraction of sp³-hybridized carbons (Fsp3) is 0.545. The fourth-order valence-corrected chi connectivity index (χ4v) is 6.12. The predicted molar refractivity (Wildman–Crippen MR) is 265 cm³/mol. The molecule has 0 aromatic heterocycles. The Balaban J connectivity index is 4.45. The maximum Gasteiger partial charge on any atom is 0.362 e. The summed E-state index contributed by atoms with van der Waals surface area (Å²) < 4.78 is 17.3. The molecule has 0 saturated carbocycles. The van der Waals surface area contributed by atoms with Gasteiger partial charge in [-0.3, -0.25) is 9.59 Å². The van der Waals surface area contributed by atoms with Gasteiger partial charge in [0.1, 0.15) is 6.61 Å². The third-order valence-corrected chi connectivity index (χ3v) is 9.74. The number of nitrogens with zero attached hydrogens (tertiary/aromatic N) is 1. The first-order valence-electron chi connectivity index (χ1n) is 23.8. The first-order valence-corrected chi connectivity index (χ1v) is 23.8. The van der Waals surface area contributed by atoms with Gasteiger partial charge in [-0.05, 0) is 70.6 Å². The zero-order valence-corrected chi connectivity index (χ0v) is 40.0. The van der Waals surface area contributed by atoms with Crippen LogP contribution >= 0.6 is 0 Å². The quantitative estimate of drug-likeness (QED) is 0.0215. The van der Waals surface area contributed by atoms with E-state index in [-0.39, 0.29) is 36.2 Å². The molecule has 0 heterocycles. The predicted octanol–water partition coefficient (Wildman–Crippen LogP) is 13.6. The molecule has 0 saturated heterocycles. The molecule has 0 radical (unpaired) electrons. The Hall–Kier alpha value is -4.53. The molecular weight excluding hydrogens is 787 g/mol. The highest BCUT2D eigenvalue weighted by Crippen LogP contribution is 2.13. The van der Waals surface area contributed by atoms with E-state index in [4.69, 9.17) is 14.2 Å². The van der Waals surface area contributed by atoms with Crippen LogP contribution < -0.4 is 0 Å². The Bertz CT molecular complexity index is 1480. The van der Waals surface area contributed by atoms with Gasteiger partial charge in [-0.15, -0.1) is 0 Å². The highest BCUT2D eigenvalue weighted by atomic mass is 16.6. The number of likely N-dealkylation sites (N-methyl/N-ethyl adjacent to an activating group) is 1. The van der Waals surface area contributed by atoms with Gasteiger partial charge in [0.05, 0.1) is 34.4 Å². The average Bonchev–Trinajstić information content (AvgIpc) is 3.24. The molecule has 2 unspecified atom stereocenters. The molecule has 2 atom stereocenters. The first-order chi connectivity index (χ1) is 30.6. The van der Waals surface area contributed by atoms with Crippen LogP contribution in [0.1, 0.15) is 142 Å². The normalized spacial score (nSPS) is 14.1. The van der Waals surface area contributed by atoms with Crippen LogP contribution in [0.3, 0.4) is 0 Å². The maximum atomic E-state index is 12.8. The minimum absolute atomic E-state index is 0.0310. The van der Waals surface area contributed by atoms with Crippen molar-refractivity contribution in [1.82, 2.24) is 0 Å². The number of carbonyl (C=O) groups is 3. The van der Waals surface area contributed by atoms with Crippen LogP contribution in [0, 0.1) is 0 Å². The van der Waals surface area contributed by atoms with E-state index < -0.39 is 18.1 Å². The molecule has 1 N–H and O–H groups in total. The molecule has 0 fully saturated rings. The number of carboxylic acids is 1. The van der Waals surface area contributed by atoms with E-state index in [9.17, 15) is 19.5 Å². The molecule has 0 aromatic rings. The summed E-state index contributed by atoms with van der Waals surface area (Å²) in [4.78, 5) is 37.1. The molecule has 0 amide bonds. The van der Waals surface area contributed by atoms with E-state index in [1.807, 2.05) is 94.1 Å². The lowest BCUT2D eigenvalue weighted by Crippen LogP contribution is -2.50. The van der Waals surface area contributed by atoms with Crippen LogP contribution in [0.2, 0.25) is 0 Å². The Morgan fingerprint density at radius 2 is 0.921 bits per heavy atom. The van der Waals surface area contributed by atoms with Crippen molar-refractivity contribution in [2.45, 2.75) is 154 Å². The van der Waals surface area contributed by atoms with Crippen molar-refractivity contribution in [3.05, 3.63) is 134 Å². The van der Waals surface area contributed by atoms with E-state index >= 15 is 0 Å². The molecule has 0 spiro atoms. The van der Waals surface area contributed by atoms with E-state index in [0.717, 1.165) is 83.5 Å². The standard InChI is InChI=1S/C55H85NO7/c1-6-8-10-12-14-16-18-20-22-24-26-28-30-32-34-36-38-40-42-44-46-54(58)63-51(49-61-48-47-52(55(59)60)56(3,4)5)50-62-53(57)45-43-41-39-37-35-33-31-29-27-25-23-21-19-17-15-13-11-9-7-2/h8-11,13-17,19-23,25-29,31,33,35,51-52H,6-7,12,18,24,30,32,34,36-50H2,1-5H3/p+1/b10-8+,11-9+,15-13+,16-14+,19-17+,22-20+,23-21+,27-25+,28-26+,31-29+,35-33+. The fourth-order valence-electron chi connectivity index (χ4n) is 6.12. The van der Waals surface area contributed by atoms with Crippen LogP contribution in [0.25, 0.3) is 0 Å². The SMILES string of the molecule is CC/C=C/C=C/C=C/C=C/C=C/C=C/C=C/CCCCCC(=O)OCC(COCCC(C(=O)O)[N+](C)(C)C)OC(=O)CCCCCCCCC/C=C/C/C=C/C/C=C/C/C=C/CC. The van der Waals surface area contributed by atoms with Gasteiger partial charge in [-0.25, -0.2) is 4.79 Å². The number of allylic oxidation sites excluding steroid dienone is 22. The summed E-state index contributed by atoms with van der Waals surface area (Å²) in [5.74, 6) is -1.56. The van der Waals surface area contributed by atoms with Gasteiger partial charge in [0.25, 0.3) is 0 Å². The summed E-state index contributed by atoms with van der Waals surface area (Å²) in [5.41, 5.74) is 0. The number of hydrogen-bond donors (Lipinski definition) is 1. The number of hydrogen-bond acceptors (Lipinski definition) is 6. The molecule has 0 aliphatic rings. The largest absolute Gasteiger partial charge is 0.477 e. The highest BCUT2D eigenvalue weighted by molar-refractivity contribution is 5.72. The zero-order chi connectivity index (χ0) is 46.3. The van der Waals surface area contributed by atoms with Crippen molar-refractivity contribution < 1.29 is 38.2 Å². The number of ether oxygens (including phenoxy) is 3. The van der Waals surface area contributed by atoms with Gasteiger partial charge in [0.15, 0.2) is 12.1 Å². The monoisotopic (exact) mass is 873 g/mol. The molecule has 0 aromatic carbocycles. The molecule has 0 rings (SSSR count). The Morgan fingerprint density at radius 3 is 1.44 bits per heavy atom. The number of rotatable bonds is 40. The lowest BCUT2D eigenvalue weighted by atomic mass is 10.1. The number of aliphatic carboxylic acids is 1. The zero-order valence-electron chi connectivity index (χ0n) is 40.0. The van der Waals surface area contributed by atoms with E-state index in [1.165, 1.54) is 19.3 Å². The van der Waals surface area contributed by atoms with Gasteiger partial charge in [-0.1, -0.05) is 186 Å². The summed E-state index contributed by atoms with van der Waals surface area (Å²) in [6, 6.07) is -0.634. The number of carboxylic acid groups (broad SMARTS) is 1. The van der Waals surface area contributed by atoms with E-state index in [2.05, 4.69) is 74.6 Å². The lowest BCUT2D eigenvalue weighted by molar-refractivity contribution is -0.887. The molecule has 8 heteroatoms. The third kappa shape index (κ3) is 42.5. The highest BCUT2D eigenvalue weighted by Gasteiger charge is 2.31. The Labute approximate surface area is 383 Å². The van der Waals surface area contributed by atoms with Gasteiger partial charge in [0.2, 0.25) is 0 Å². The Kier molecular flexibility index (Phi) is 40.9. The third-order valence-electron chi connectivity index (χ3n) is 9.74. The minimum atomic E-state index is -0.891. The number of esters is 2. The maximum absolute atomic E-state index is 12.8. The van der Waals surface area contributed by atoms with Crippen molar-refractivity contribution >= 4 is 17.9 Å². The second-order valence-electron chi connectivity index (χ2n) is 16.4. The second-order valence-corrected chi connectivity index (χ2v) is 16.4. The van der Waals surface area contributed by atoms with E-state index in [1.54, 1.807) is 0 Å². The smallest absolute Gasteiger partial charge is 0.362 e. The summed E-state index contributed by atoms with van der Waals surface area (Å²) >= 11 is 0. The molecule has 8 nitrogen and oxygen atoms in total. The number of unbranched alkanes of at least 4 members (excludes halogenated alkanes) is 10. The van der Waals surface area contributed by atoms with Gasteiger partial charge in [-0.2, -0.15) is 0 Å².